The Bertz CT molecular complexity index is 358. The fourth-order valence-corrected chi connectivity index (χ4v) is 2.94. The largest absolute Gasteiger partial charge is 0.496 e. The van der Waals surface area contributed by atoms with E-state index < -0.39 is 0 Å². The van der Waals surface area contributed by atoms with Gasteiger partial charge in [0.1, 0.15) is 5.75 Å². The Hall–Kier alpha value is -0.500. The highest BCUT2D eigenvalue weighted by Crippen LogP contribution is 2.37. The quantitative estimate of drug-likeness (QED) is 0.744. The molecule has 0 atom stereocenters. The van der Waals surface area contributed by atoms with Crippen molar-refractivity contribution >= 4 is 15.9 Å². The zero-order chi connectivity index (χ0) is 10.1. The molecule has 0 N–H and O–H groups in total. The zero-order valence-corrected chi connectivity index (χ0v) is 10.3. The summed E-state index contributed by atoms with van der Waals surface area (Å²) in [6.45, 7) is 2.18. The Kier molecular flexibility index (Phi) is 2.82. The normalized spacial score (nSPS) is 15.1. The molecule has 0 bridgehead atoms. The van der Waals surface area contributed by atoms with Gasteiger partial charge in [-0.1, -0.05) is 0 Å². The van der Waals surface area contributed by atoms with E-state index in [4.69, 9.17) is 4.74 Å². The van der Waals surface area contributed by atoms with Gasteiger partial charge in [-0.15, -0.1) is 0 Å². The number of rotatable bonds is 1. The highest BCUT2D eigenvalue weighted by atomic mass is 79.9. The summed E-state index contributed by atoms with van der Waals surface area (Å²) in [6, 6.07) is 2.13. The van der Waals surface area contributed by atoms with E-state index in [0.29, 0.717) is 0 Å². The predicted molar refractivity (Wildman–Crippen MR) is 62.1 cm³/mol. The molecule has 0 heterocycles. The van der Waals surface area contributed by atoms with E-state index in [9.17, 15) is 0 Å². The Morgan fingerprint density at radius 3 is 2.50 bits per heavy atom. The minimum atomic E-state index is 0.975. The molecule has 0 aliphatic heterocycles. The molecule has 1 nitrogen and oxygen atoms in total. The van der Waals surface area contributed by atoms with Crippen molar-refractivity contribution < 1.29 is 4.74 Å². The van der Waals surface area contributed by atoms with Crippen LogP contribution in [0.5, 0.6) is 5.75 Å². The molecule has 14 heavy (non-hydrogen) atoms. The SMILES string of the molecule is COc1cc(C)c2c(c1Br)CCCC2. The molecule has 0 aromatic heterocycles. The van der Waals surface area contributed by atoms with E-state index in [2.05, 4.69) is 28.9 Å². The van der Waals surface area contributed by atoms with Crippen molar-refractivity contribution in [1.82, 2.24) is 0 Å². The molecule has 1 aliphatic rings. The first-order valence-corrected chi connectivity index (χ1v) is 5.88. The van der Waals surface area contributed by atoms with Crippen molar-refractivity contribution in [2.24, 2.45) is 0 Å². The van der Waals surface area contributed by atoms with Gasteiger partial charge < -0.3 is 4.74 Å². The number of hydrogen-bond donors (Lipinski definition) is 0. The second-order valence-corrected chi connectivity index (χ2v) is 4.67. The molecule has 0 amide bonds. The van der Waals surface area contributed by atoms with Gasteiger partial charge in [-0.2, -0.15) is 0 Å². The lowest BCUT2D eigenvalue weighted by molar-refractivity contribution is 0.410. The van der Waals surface area contributed by atoms with E-state index in [0.717, 1.165) is 5.75 Å². The molecule has 0 spiro atoms. The van der Waals surface area contributed by atoms with Gasteiger partial charge in [0, 0.05) is 0 Å². The highest BCUT2D eigenvalue weighted by molar-refractivity contribution is 9.10. The first-order chi connectivity index (χ1) is 6.74. The second-order valence-electron chi connectivity index (χ2n) is 3.87. The molecule has 1 aromatic carbocycles. The lowest BCUT2D eigenvalue weighted by atomic mass is 9.88. The number of benzene rings is 1. The number of aryl methyl sites for hydroxylation is 1. The van der Waals surface area contributed by atoms with E-state index in [1.807, 2.05) is 0 Å². The maximum Gasteiger partial charge on any atom is 0.133 e. The first kappa shape index (κ1) is 10.0. The molecule has 2 rings (SSSR count). The summed E-state index contributed by atoms with van der Waals surface area (Å²) in [7, 11) is 1.73. The van der Waals surface area contributed by atoms with E-state index >= 15 is 0 Å². The van der Waals surface area contributed by atoms with Crippen molar-refractivity contribution in [2.75, 3.05) is 7.11 Å². The van der Waals surface area contributed by atoms with Crippen LogP contribution in [0, 0.1) is 6.92 Å². The van der Waals surface area contributed by atoms with Gasteiger partial charge in [-0.05, 0) is 71.3 Å². The van der Waals surface area contributed by atoms with Crippen LogP contribution in [-0.2, 0) is 12.8 Å². The number of fused-ring (bicyclic) bond motifs is 1. The van der Waals surface area contributed by atoms with Gasteiger partial charge >= 0.3 is 0 Å². The number of methoxy groups -OCH3 is 1. The Morgan fingerprint density at radius 1 is 1.21 bits per heavy atom. The van der Waals surface area contributed by atoms with E-state index in [1.165, 1.54) is 46.8 Å². The molecule has 0 unspecified atom stereocenters. The summed E-state index contributed by atoms with van der Waals surface area (Å²) in [5.41, 5.74) is 4.37. The lowest BCUT2D eigenvalue weighted by Crippen LogP contribution is -2.06. The molecule has 0 radical (unpaired) electrons. The Balaban J connectivity index is 2.58. The van der Waals surface area contributed by atoms with Crippen LogP contribution < -0.4 is 4.74 Å². The highest BCUT2D eigenvalue weighted by Gasteiger charge is 2.17. The van der Waals surface area contributed by atoms with Crippen LogP contribution in [0.2, 0.25) is 0 Å². The van der Waals surface area contributed by atoms with Gasteiger partial charge in [0.25, 0.3) is 0 Å². The van der Waals surface area contributed by atoms with Crippen LogP contribution in [0.1, 0.15) is 29.5 Å². The minimum absolute atomic E-state index is 0.975. The first-order valence-electron chi connectivity index (χ1n) is 5.09. The molecular weight excluding hydrogens is 240 g/mol. The van der Waals surface area contributed by atoms with E-state index in [1.54, 1.807) is 7.11 Å². The standard InChI is InChI=1S/C12H15BrO/c1-8-7-11(14-2)12(13)10-6-4-3-5-9(8)10/h7H,3-6H2,1-2H3. The van der Waals surface area contributed by atoms with Crippen molar-refractivity contribution in [1.29, 1.82) is 0 Å². The fraction of sp³-hybridized carbons (Fsp3) is 0.500. The zero-order valence-electron chi connectivity index (χ0n) is 8.69. The maximum atomic E-state index is 5.35. The molecule has 2 heteroatoms. The maximum absolute atomic E-state index is 5.35. The van der Waals surface area contributed by atoms with Crippen molar-refractivity contribution in [3.63, 3.8) is 0 Å². The molecule has 0 saturated heterocycles. The smallest absolute Gasteiger partial charge is 0.133 e. The average Bonchev–Trinajstić information content (AvgIpc) is 2.23. The number of halogens is 1. The predicted octanol–water partition coefficient (Wildman–Crippen LogP) is 3.64. The van der Waals surface area contributed by atoms with Crippen LogP contribution in [0.25, 0.3) is 0 Å². The Labute approximate surface area is 93.6 Å². The average molecular weight is 255 g/mol. The van der Waals surface area contributed by atoms with Crippen molar-refractivity contribution in [3.05, 3.63) is 27.2 Å². The number of hydrogen-bond acceptors (Lipinski definition) is 1. The Morgan fingerprint density at radius 2 is 1.86 bits per heavy atom. The summed E-state index contributed by atoms with van der Waals surface area (Å²) in [4.78, 5) is 0. The molecular formula is C12H15BrO. The molecule has 0 fully saturated rings. The van der Waals surface area contributed by atoms with Gasteiger partial charge in [0.15, 0.2) is 0 Å². The summed E-state index contributed by atoms with van der Waals surface area (Å²) in [5.74, 6) is 0.975. The van der Waals surface area contributed by atoms with Gasteiger partial charge in [0.2, 0.25) is 0 Å². The monoisotopic (exact) mass is 254 g/mol. The van der Waals surface area contributed by atoms with Crippen LogP contribution >= 0.6 is 15.9 Å². The summed E-state index contributed by atoms with van der Waals surface area (Å²) in [6.07, 6.45) is 5.04. The number of ether oxygens (including phenoxy) is 1. The van der Waals surface area contributed by atoms with Crippen molar-refractivity contribution in [2.45, 2.75) is 32.6 Å². The minimum Gasteiger partial charge on any atom is -0.496 e. The van der Waals surface area contributed by atoms with Crippen molar-refractivity contribution in [3.8, 4) is 5.75 Å². The molecule has 1 aromatic rings. The topological polar surface area (TPSA) is 9.23 Å². The van der Waals surface area contributed by atoms with Crippen LogP contribution in [-0.4, -0.2) is 7.11 Å². The van der Waals surface area contributed by atoms with Gasteiger partial charge in [-0.3, -0.25) is 0 Å². The van der Waals surface area contributed by atoms with E-state index in [-0.39, 0.29) is 0 Å². The lowest BCUT2D eigenvalue weighted by Gasteiger charge is -2.21. The third-order valence-electron chi connectivity index (χ3n) is 2.99. The van der Waals surface area contributed by atoms with Gasteiger partial charge in [-0.25, -0.2) is 0 Å². The van der Waals surface area contributed by atoms with Crippen LogP contribution in [0.15, 0.2) is 10.5 Å². The van der Waals surface area contributed by atoms with Crippen LogP contribution in [0.3, 0.4) is 0 Å². The summed E-state index contributed by atoms with van der Waals surface area (Å²) >= 11 is 3.64. The molecule has 1 aliphatic carbocycles. The molecule has 76 valence electrons. The third-order valence-corrected chi connectivity index (χ3v) is 3.86. The summed E-state index contributed by atoms with van der Waals surface area (Å²) < 4.78 is 6.51. The van der Waals surface area contributed by atoms with Crippen LogP contribution in [0.4, 0.5) is 0 Å². The van der Waals surface area contributed by atoms with Gasteiger partial charge in [0.05, 0.1) is 11.6 Å². The fourth-order valence-electron chi connectivity index (χ4n) is 2.23. The second kappa shape index (κ2) is 3.93. The summed E-state index contributed by atoms with van der Waals surface area (Å²) in [5, 5.41) is 0. The third kappa shape index (κ3) is 1.56. The molecule has 0 saturated carbocycles.